The highest BCUT2D eigenvalue weighted by molar-refractivity contribution is 5.88. The largest absolute Gasteiger partial charge is 0.397 e. The second-order valence-corrected chi connectivity index (χ2v) is 3.67. The van der Waals surface area contributed by atoms with E-state index in [1.807, 2.05) is 53.1 Å². The molecule has 0 unspecified atom stereocenters. The third kappa shape index (κ3) is 1.26. The number of fused-ring (bicyclic) bond motifs is 1. The van der Waals surface area contributed by atoms with Gasteiger partial charge < -0.3 is 5.73 Å². The van der Waals surface area contributed by atoms with Crippen molar-refractivity contribution in [3.8, 4) is 5.69 Å². The fourth-order valence-electron chi connectivity index (χ4n) is 1.86. The molecular weight excluding hydrogens is 198 g/mol. The second kappa shape index (κ2) is 3.38. The van der Waals surface area contributed by atoms with Crippen molar-refractivity contribution in [2.24, 2.45) is 0 Å². The van der Waals surface area contributed by atoms with Gasteiger partial charge >= 0.3 is 0 Å². The normalized spacial score (nSPS) is 10.8. The number of imidazole rings is 1. The zero-order valence-corrected chi connectivity index (χ0v) is 8.67. The predicted octanol–water partition coefficient (Wildman–Crippen LogP) is 2.61. The summed E-state index contributed by atoms with van der Waals surface area (Å²) in [5.41, 5.74) is 9.57. The third-order valence-electron chi connectivity index (χ3n) is 2.64. The molecule has 0 saturated heterocycles. The van der Waals surface area contributed by atoms with Crippen LogP contribution in [0.2, 0.25) is 0 Å². The molecule has 3 aromatic rings. The Morgan fingerprint density at radius 2 is 1.75 bits per heavy atom. The number of nitrogens with zero attached hydrogens (tertiary/aromatic N) is 2. The molecule has 0 spiro atoms. The molecule has 2 aromatic carbocycles. The van der Waals surface area contributed by atoms with Gasteiger partial charge in [-0.25, -0.2) is 4.98 Å². The topological polar surface area (TPSA) is 43.8 Å². The van der Waals surface area contributed by atoms with Crippen molar-refractivity contribution >= 4 is 16.7 Å². The van der Waals surface area contributed by atoms with Gasteiger partial charge in [0.1, 0.15) is 11.8 Å². The van der Waals surface area contributed by atoms with Crippen LogP contribution in [0.1, 0.15) is 0 Å². The van der Waals surface area contributed by atoms with Gasteiger partial charge in [-0.05, 0) is 24.3 Å². The highest BCUT2D eigenvalue weighted by Gasteiger charge is 2.05. The van der Waals surface area contributed by atoms with Crippen molar-refractivity contribution in [3.63, 3.8) is 0 Å². The summed E-state index contributed by atoms with van der Waals surface area (Å²) in [5.74, 6) is 0. The Labute approximate surface area is 93.1 Å². The lowest BCUT2D eigenvalue weighted by molar-refractivity contribution is 1.09. The van der Waals surface area contributed by atoms with Gasteiger partial charge in [0.15, 0.2) is 0 Å². The van der Waals surface area contributed by atoms with Crippen LogP contribution in [0.5, 0.6) is 0 Å². The fourth-order valence-corrected chi connectivity index (χ4v) is 1.86. The molecule has 3 rings (SSSR count). The molecule has 3 nitrogen and oxygen atoms in total. The molecule has 0 fully saturated rings. The smallest absolute Gasteiger partial charge is 0.112 e. The van der Waals surface area contributed by atoms with E-state index in [0.29, 0.717) is 5.69 Å². The van der Waals surface area contributed by atoms with Crippen LogP contribution in [0, 0.1) is 0 Å². The van der Waals surface area contributed by atoms with E-state index in [1.54, 1.807) is 6.33 Å². The van der Waals surface area contributed by atoms with Gasteiger partial charge in [0.25, 0.3) is 0 Å². The highest BCUT2D eigenvalue weighted by Crippen LogP contribution is 2.21. The number of aromatic nitrogens is 2. The average Bonchev–Trinajstić information content (AvgIpc) is 2.75. The molecule has 1 heterocycles. The van der Waals surface area contributed by atoms with Crippen LogP contribution in [-0.4, -0.2) is 9.55 Å². The summed E-state index contributed by atoms with van der Waals surface area (Å²) < 4.78 is 2.03. The van der Waals surface area contributed by atoms with Crippen LogP contribution in [0.3, 0.4) is 0 Å². The molecular formula is C13H11N3. The number of anilines is 1. The van der Waals surface area contributed by atoms with Gasteiger partial charge in [-0.1, -0.05) is 24.3 Å². The molecule has 0 amide bonds. The Bertz CT molecular complexity index is 626. The molecule has 0 radical (unpaired) electrons. The summed E-state index contributed by atoms with van der Waals surface area (Å²) in [6.07, 6.45) is 1.80. The Hall–Kier alpha value is -2.29. The number of benzene rings is 2. The maximum atomic E-state index is 5.87. The van der Waals surface area contributed by atoms with Crippen LogP contribution in [0.4, 0.5) is 5.69 Å². The minimum atomic E-state index is 0.715. The summed E-state index contributed by atoms with van der Waals surface area (Å²) in [6, 6.07) is 15.9. The SMILES string of the molecule is Nc1cccc2c1ncn2-c1ccccc1. The van der Waals surface area contributed by atoms with Crippen molar-refractivity contribution in [1.29, 1.82) is 0 Å². The van der Waals surface area contributed by atoms with Crippen LogP contribution < -0.4 is 5.73 Å². The van der Waals surface area contributed by atoms with Gasteiger partial charge in [-0.15, -0.1) is 0 Å². The quantitative estimate of drug-likeness (QED) is 0.626. The van der Waals surface area contributed by atoms with Gasteiger partial charge in [0.2, 0.25) is 0 Å². The molecule has 1 aromatic heterocycles. The highest BCUT2D eigenvalue weighted by atomic mass is 15.1. The van der Waals surface area contributed by atoms with E-state index in [0.717, 1.165) is 16.7 Å². The first kappa shape index (κ1) is 8.97. The van der Waals surface area contributed by atoms with E-state index in [9.17, 15) is 0 Å². The van der Waals surface area contributed by atoms with E-state index < -0.39 is 0 Å². The number of nitrogen functional groups attached to an aromatic ring is 1. The first-order valence-corrected chi connectivity index (χ1v) is 5.13. The van der Waals surface area contributed by atoms with Crippen LogP contribution in [0.25, 0.3) is 16.7 Å². The lowest BCUT2D eigenvalue weighted by Crippen LogP contribution is -1.91. The van der Waals surface area contributed by atoms with E-state index in [4.69, 9.17) is 5.73 Å². The summed E-state index contributed by atoms with van der Waals surface area (Å²) in [5, 5.41) is 0. The Kier molecular flexibility index (Phi) is 1.90. The van der Waals surface area contributed by atoms with Crippen molar-refractivity contribution < 1.29 is 0 Å². The van der Waals surface area contributed by atoms with Gasteiger partial charge in [0.05, 0.1) is 11.2 Å². The van der Waals surface area contributed by atoms with E-state index in [2.05, 4.69) is 4.98 Å². The van der Waals surface area contributed by atoms with E-state index in [-0.39, 0.29) is 0 Å². The van der Waals surface area contributed by atoms with Gasteiger partial charge in [0, 0.05) is 5.69 Å². The number of nitrogens with two attached hydrogens (primary N) is 1. The minimum Gasteiger partial charge on any atom is -0.397 e. The van der Waals surface area contributed by atoms with Crippen molar-refractivity contribution in [3.05, 3.63) is 54.9 Å². The molecule has 3 heteroatoms. The van der Waals surface area contributed by atoms with Crippen LogP contribution in [-0.2, 0) is 0 Å². The molecule has 0 bridgehead atoms. The zero-order valence-electron chi connectivity index (χ0n) is 8.67. The number of hydrogen-bond donors (Lipinski definition) is 1. The second-order valence-electron chi connectivity index (χ2n) is 3.67. The molecule has 0 atom stereocenters. The molecule has 0 aliphatic carbocycles. The maximum Gasteiger partial charge on any atom is 0.112 e. The monoisotopic (exact) mass is 209 g/mol. The summed E-state index contributed by atoms with van der Waals surface area (Å²) in [7, 11) is 0. The van der Waals surface area contributed by atoms with Crippen molar-refractivity contribution in [2.45, 2.75) is 0 Å². The standard InChI is InChI=1S/C13H11N3/c14-11-7-4-8-12-13(11)15-9-16(12)10-5-2-1-3-6-10/h1-9H,14H2. The maximum absolute atomic E-state index is 5.87. The van der Waals surface area contributed by atoms with Gasteiger partial charge in [-0.3, -0.25) is 4.57 Å². The number of rotatable bonds is 1. The summed E-state index contributed by atoms with van der Waals surface area (Å²) in [4.78, 5) is 4.33. The van der Waals surface area contributed by atoms with Crippen LogP contribution in [0.15, 0.2) is 54.9 Å². The molecule has 0 saturated carbocycles. The first-order chi connectivity index (χ1) is 7.86. The predicted molar refractivity (Wildman–Crippen MR) is 65.5 cm³/mol. The van der Waals surface area contributed by atoms with E-state index in [1.165, 1.54) is 0 Å². The number of hydrogen-bond acceptors (Lipinski definition) is 2. The molecule has 0 aliphatic heterocycles. The Morgan fingerprint density at radius 3 is 2.56 bits per heavy atom. The molecule has 16 heavy (non-hydrogen) atoms. The number of para-hydroxylation sites is 2. The molecule has 78 valence electrons. The zero-order chi connectivity index (χ0) is 11.0. The fraction of sp³-hybridized carbons (Fsp3) is 0. The Balaban J connectivity index is 2.30. The van der Waals surface area contributed by atoms with Crippen molar-refractivity contribution in [2.75, 3.05) is 5.73 Å². The molecule has 0 aliphatic rings. The lowest BCUT2D eigenvalue weighted by atomic mass is 10.2. The first-order valence-electron chi connectivity index (χ1n) is 5.13. The van der Waals surface area contributed by atoms with E-state index >= 15 is 0 Å². The summed E-state index contributed by atoms with van der Waals surface area (Å²) >= 11 is 0. The van der Waals surface area contributed by atoms with Gasteiger partial charge in [-0.2, -0.15) is 0 Å². The summed E-state index contributed by atoms with van der Waals surface area (Å²) in [6.45, 7) is 0. The van der Waals surface area contributed by atoms with Crippen molar-refractivity contribution in [1.82, 2.24) is 9.55 Å². The lowest BCUT2D eigenvalue weighted by Gasteiger charge is -2.03. The molecule has 2 N–H and O–H groups in total. The third-order valence-corrected chi connectivity index (χ3v) is 2.64. The van der Waals surface area contributed by atoms with Crippen LogP contribution >= 0.6 is 0 Å². The average molecular weight is 209 g/mol. The minimum absolute atomic E-state index is 0.715. The Morgan fingerprint density at radius 1 is 0.938 bits per heavy atom.